The number of benzene rings is 4. The molecule has 0 saturated carbocycles. The van der Waals surface area contributed by atoms with Crippen LogP contribution in [0.4, 0.5) is 0 Å². The van der Waals surface area contributed by atoms with Gasteiger partial charge in [-0.25, -0.2) is 0 Å². The number of hydrogen-bond acceptors (Lipinski definition) is 12. The largest absolute Gasteiger partial charge is 0.488 e. The molecule has 12 nitrogen and oxygen atoms in total. The van der Waals surface area contributed by atoms with E-state index in [-0.39, 0.29) is 26.4 Å². The summed E-state index contributed by atoms with van der Waals surface area (Å²) in [6.07, 6.45) is 8.51. The average molecular weight is 984 g/mol. The molecule has 0 atom stereocenters. The molecular weight excluding hydrogens is 920 g/mol. The lowest BCUT2D eigenvalue weighted by Gasteiger charge is -2.18. The molecule has 0 unspecified atom stereocenters. The van der Waals surface area contributed by atoms with Gasteiger partial charge in [-0.05, 0) is 124 Å². The molecule has 0 aliphatic rings. The minimum Gasteiger partial charge on any atom is -0.488 e. The second-order valence-electron chi connectivity index (χ2n) is 16.8. The number of halogens is 2. The van der Waals surface area contributed by atoms with Crippen molar-refractivity contribution >= 4 is 23.2 Å². The molecule has 0 radical (unpaired) electrons. The van der Waals surface area contributed by atoms with Gasteiger partial charge in [0.15, 0.2) is 0 Å². The lowest BCUT2D eigenvalue weighted by atomic mass is 10.0. The Morgan fingerprint density at radius 1 is 0.500 bits per heavy atom. The summed E-state index contributed by atoms with van der Waals surface area (Å²) < 4.78 is 25.4. The van der Waals surface area contributed by atoms with Crippen LogP contribution in [0.5, 0.6) is 23.0 Å². The van der Waals surface area contributed by atoms with Gasteiger partial charge in [-0.15, -0.1) is 0 Å². The first-order valence-electron chi connectivity index (χ1n) is 24.1. The van der Waals surface area contributed by atoms with E-state index in [1.165, 1.54) is 12.4 Å². The van der Waals surface area contributed by atoms with E-state index in [0.717, 1.165) is 110 Å². The predicted octanol–water partition coefficient (Wildman–Crippen LogP) is 11.2. The third-order valence-corrected chi connectivity index (χ3v) is 12.5. The zero-order valence-corrected chi connectivity index (χ0v) is 42.3. The molecule has 6 aromatic rings. The molecule has 0 bridgehead atoms. The Morgan fingerprint density at radius 3 is 1.30 bits per heavy atom. The topological polar surface area (TPSA) is 141 Å². The van der Waals surface area contributed by atoms with Crippen molar-refractivity contribution in [2.24, 2.45) is 0 Å². The molecule has 70 heavy (non-hydrogen) atoms. The molecule has 14 heteroatoms. The van der Waals surface area contributed by atoms with Crippen molar-refractivity contribution in [1.82, 2.24) is 30.4 Å². The van der Waals surface area contributed by atoms with E-state index in [2.05, 4.69) is 94.5 Å². The number of hydrogen-bond donors (Lipinski definition) is 2. The van der Waals surface area contributed by atoms with Crippen LogP contribution in [0.3, 0.4) is 0 Å². The number of rotatable bonds is 29. The highest BCUT2D eigenvalue weighted by molar-refractivity contribution is 6.32. The summed E-state index contributed by atoms with van der Waals surface area (Å²) in [4.78, 5) is 13.2. The maximum atomic E-state index is 9.40. The smallest absolute Gasteiger partial charge is 0.142 e. The van der Waals surface area contributed by atoms with Crippen molar-refractivity contribution in [2.75, 3.05) is 52.4 Å². The van der Waals surface area contributed by atoms with Gasteiger partial charge in [0, 0.05) is 72.3 Å². The molecule has 2 aromatic heterocycles. The molecule has 4 aromatic carbocycles. The van der Waals surface area contributed by atoms with Gasteiger partial charge in [-0.3, -0.25) is 9.97 Å². The lowest BCUT2D eigenvalue weighted by molar-refractivity contribution is 0.286. The molecule has 0 aliphatic heterocycles. The number of aromatic nitrogens is 2. The highest BCUT2D eigenvalue weighted by Crippen LogP contribution is 2.36. The van der Waals surface area contributed by atoms with E-state index in [1.807, 2.05) is 48.5 Å². The van der Waals surface area contributed by atoms with Crippen LogP contribution in [0.1, 0.15) is 85.0 Å². The zero-order valence-electron chi connectivity index (χ0n) is 40.8. The fraction of sp³-hybridized carbons (Fsp3) is 0.357. The summed E-state index contributed by atoms with van der Waals surface area (Å²) in [5.41, 5.74) is 8.30. The Morgan fingerprint density at radius 2 is 0.900 bits per heavy atom. The Balaban J connectivity index is 1.12. The molecule has 0 saturated heterocycles. The third-order valence-electron chi connectivity index (χ3n) is 11.9. The molecule has 0 fully saturated rings. The highest BCUT2D eigenvalue weighted by Gasteiger charge is 2.16. The monoisotopic (exact) mass is 982 g/mol. The van der Waals surface area contributed by atoms with Gasteiger partial charge in [0.05, 0.1) is 21.2 Å². The van der Waals surface area contributed by atoms with Crippen molar-refractivity contribution in [2.45, 2.75) is 80.1 Å². The van der Waals surface area contributed by atoms with Gasteiger partial charge >= 0.3 is 0 Å². The van der Waals surface area contributed by atoms with E-state index in [0.29, 0.717) is 57.3 Å². The second kappa shape index (κ2) is 28.4. The van der Waals surface area contributed by atoms with Gasteiger partial charge in [0.1, 0.15) is 61.6 Å². The summed E-state index contributed by atoms with van der Waals surface area (Å²) in [5, 5.41) is 26.9. The van der Waals surface area contributed by atoms with E-state index in [4.69, 9.17) is 42.1 Å². The van der Waals surface area contributed by atoms with Crippen LogP contribution in [-0.2, 0) is 39.5 Å². The maximum absolute atomic E-state index is 9.40. The summed E-state index contributed by atoms with van der Waals surface area (Å²) in [6.45, 7) is 18.8. The number of nitrogens with one attached hydrogen (secondary N) is 2. The van der Waals surface area contributed by atoms with Gasteiger partial charge < -0.3 is 39.4 Å². The zero-order chi connectivity index (χ0) is 49.5. The van der Waals surface area contributed by atoms with Crippen LogP contribution < -0.4 is 29.6 Å². The first-order valence-corrected chi connectivity index (χ1v) is 24.9. The summed E-state index contributed by atoms with van der Waals surface area (Å²) >= 11 is 13.8. The average Bonchev–Trinajstić information content (AvgIpc) is 3.39. The Labute approximate surface area is 424 Å². The maximum Gasteiger partial charge on any atom is 0.142 e. The molecule has 0 aliphatic carbocycles. The quantitative estimate of drug-likeness (QED) is 0.0432. The van der Waals surface area contributed by atoms with Crippen LogP contribution in [-0.4, -0.2) is 72.1 Å². The molecule has 2 heterocycles. The van der Waals surface area contributed by atoms with Gasteiger partial charge in [0.2, 0.25) is 0 Å². The summed E-state index contributed by atoms with van der Waals surface area (Å²) in [6, 6.07) is 31.8. The Bertz CT molecular complexity index is 2500. The SMILES string of the molecule is CCN(CC)CCCNCc1cc(Cl)c(OCc2cccc(-c3cccc(COc4cc(OCc5cncc(C#N)c5)c(CNCCCN(CC)CC)cc4Cl)c3)c2)cc1OCc1cncc(C#N)c1. The Kier molecular flexibility index (Phi) is 21.6. The van der Waals surface area contributed by atoms with E-state index >= 15 is 0 Å². The lowest BCUT2D eigenvalue weighted by Crippen LogP contribution is -2.27. The van der Waals surface area contributed by atoms with E-state index < -0.39 is 0 Å². The standard InChI is InChI=1S/C56H64Cl2N8O4/c1-5-65(6-2)19-11-17-61-35-49-25-51(57)55(27-53(49)67-39-45-21-43(29-59)31-63-33-45)69-37-41-13-9-15-47(23-41)48-16-10-14-42(24-48)38-70-56-28-54(68-40-46-22-44(30-60)32-64-34-46)50(26-52(56)58)36-62-18-12-20-66(7-3)8-4/h9-10,13-16,21-28,31-34,61-62H,5-8,11-12,17-20,35-40H2,1-4H3. The Hall–Kier alpha value is -6.22. The van der Waals surface area contributed by atoms with Crippen molar-refractivity contribution in [3.05, 3.63) is 164 Å². The normalized spacial score (nSPS) is 11.1. The van der Waals surface area contributed by atoms with Gasteiger partial charge in [-0.1, -0.05) is 87.3 Å². The number of pyridine rings is 2. The number of nitrogens with zero attached hydrogens (tertiary/aromatic N) is 6. The number of ether oxygens (including phenoxy) is 4. The minimum absolute atomic E-state index is 0.230. The molecule has 6 rings (SSSR count). The molecule has 366 valence electrons. The van der Waals surface area contributed by atoms with E-state index in [1.54, 1.807) is 24.5 Å². The molecule has 2 N–H and O–H groups in total. The predicted molar refractivity (Wildman–Crippen MR) is 278 cm³/mol. The van der Waals surface area contributed by atoms with Gasteiger partial charge in [0.25, 0.3) is 0 Å². The third kappa shape index (κ3) is 16.5. The summed E-state index contributed by atoms with van der Waals surface area (Å²) in [5.74, 6) is 2.28. The van der Waals surface area contributed by atoms with Crippen LogP contribution in [0.2, 0.25) is 10.0 Å². The minimum atomic E-state index is 0.230. The highest BCUT2D eigenvalue weighted by atomic mass is 35.5. The number of nitriles is 2. The fourth-order valence-corrected chi connectivity index (χ4v) is 8.36. The van der Waals surface area contributed by atoms with Crippen LogP contribution in [0.25, 0.3) is 11.1 Å². The van der Waals surface area contributed by atoms with Crippen molar-refractivity contribution in [3.63, 3.8) is 0 Å². The van der Waals surface area contributed by atoms with Crippen molar-refractivity contribution in [1.29, 1.82) is 10.5 Å². The second-order valence-corrected chi connectivity index (χ2v) is 17.7. The first-order chi connectivity index (χ1) is 34.2. The van der Waals surface area contributed by atoms with Crippen molar-refractivity contribution < 1.29 is 18.9 Å². The van der Waals surface area contributed by atoms with Crippen LogP contribution in [0, 0.1) is 22.7 Å². The molecular formula is C56H64Cl2N8O4. The van der Waals surface area contributed by atoms with Crippen LogP contribution >= 0.6 is 23.2 Å². The molecule has 0 amide bonds. The van der Waals surface area contributed by atoms with E-state index in [9.17, 15) is 10.5 Å². The van der Waals surface area contributed by atoms with Crippen LogP contribution in [0.15, 0.2) is 110 Å². The first kappa shape index (κ1) is 53.1. The molecule has 0 spiro atoms. The fourth-order valence-electron chi connectivity index (χ4n) is 7.88. The summed E-state index contributed by atoms with van der Waals surface area (Å²) in [7, 11) is 0. The van der Waals surface area contributed by atoms with Crippen molar-refractivity contribution in [3.8, 4) is 46.3 Å². The van der Waals surface area contributed by atoms with Gasteiger partial charge in [-0.2, -0.15) is 10.5 Å².